The molecular weight excluding hydrogens is 200 g/mol. The Hall–Kier alpha value is -1.35. The average Bonchev–Trinajstić information content (AvgIpc) is 2.75. The lowest BCUT2D eigenvalue weighted by molar-refractivity contribution is -0.657. The molecule has 1 aliphatic rings. The first-order valence-corrected chi connectivity index (χ1v) is 5.91. The SMILES string of the molecule is CC[NH2+]C[C@@H]1CC(c2ccccc2C)=NO1. The average molecular weight is 219 g/mol. The van der Waals surface area contributed by atoms with Gasteiger partial charge >= 0.3 is 0 Å². The van der Waals surface area contributed by atoms with Gasteiger partial charge in [-0.1, -0.05) is 29.4 Å². The monoisotopic (exact) mass is 219 g/mol. The largest absolute Gasteiger partial charge is 0.386 e. The molecule has 16 heavy (non-hydrogen) atoms. The lowest BCUT2D eigenvalue weighted by Crippen LogP contribution is -2.85. The number of quaternary nitrogens is 1. The van der Waals surface area contributed by atoms with Gasteiger partial charge < -0.3 is 10.2 Å². The van der Waals surface area contributed by atoms with Gasteiger partial charge in [-0.15, -0.1) is 0 Å². The lowest BCUT2D eigenvalue weighted by atomic mass is 10.0. The maximum Gasteiger partial charge on any atom is 0.181 e. The number of nitrogens with two attached hydrogens (primary N) is 1. The summed E-state index contributed by atoms with van der Waals surface area (Å²) >= 11 is 0. The van der Waals surface area contributed by atoms with Gasteiger partial charge in [-0.25, -0.2) is 0 Å². The minimum Gasteiger partial charge on any atom is -0.386 e. The van der Waals surface area contributed by atoms with E-state index in [1.807, 2.05) is 0 Å². The van der Waals surface area contributed by atoms with Crippen LogP contribution in [-0.4, -0.2) is 24.9 Å². The van der Waals surface area contributed by atoms with Crippen LogP contribution < -0.4 is 5.32 Å². The number of likely N-dealkylation sites (N-methyl/N-ethyl adjacent to an activating group) is 1. The van der Waals surface area contributed by atoms with Crippen molar-refractivity contribution in [3.05, 3.63) is 35.4 Å². The van der Waals surface area contributed by atoms with E-state index in [9.17, 15) is 0 Å². The minimum absolute atomic E-state index is 0.245. The van der Waals surface area contributed by atoms with Crippen LogP contribution in [0.2, 0.25) is 0 Å². The van der Waals surface area contributed by atoms with E-state index in [0.29, 0.717) is 0 Å². The molecular formula is C13H19N2O+. The van der Waals surface area contributed by atoms with E-state index in [1.54, 1.807) is 0 Å². The molecule has 0 amide bonds. The summed E-state index contributed by atoms with van der Waals surface area (Å²) in [5.74, 6) is 0. The second-order valence-electron chi connectivity index (χ2n) is 4.22. The number of hydrogen-bond donors (Lipinski definition) is 1. The van der Waals surface area contributed by atoms with Crippen LogP contribution in [0.15, 0.2) is 29.4 Å². The van der Waals surface area contributed by atoms with Crippen LogP contribution in [0.25, 0.3) is 0 Å². The molecule has 2 N–H and O–H groups in total. The second-order valence-corrected chi connectivity index (χ2v) is 4.22. The van der Waals surface area contributed by atoms with E-state index in [4.69, 9.17) is 4.84 Å². The molecule has 0 unspecified atom stereocenters. The highest BCUT2D eigenvalue weighted by atomic mass is 16.6. The van der Waals surface area contributed by atoms with Crippen LogP contribution >= 0.6 is 0 Å². The molecule has 1 atom stereocenters. The van der Waals surface area contributed by atoms with Gasteiger partial charge in [-0.3, -0.25) is 0 Å². The molecule has 0 spiro atoms. The van der Waals surface area contributed by atoms with Gasteiger partial charge in [-0.05, 0) is 19.4 Å². The van der Waals surface area contributed by atoms with Gasteiger partial charge in [0.25, 0.3) is 0 Å². The van der Waals surface area contributed by atoms with Gasteiger partial charge in [0.2, 0.25) is 0 Å². The quantitative estimate of drug-likeness (QED) is 0.808. The predicted molar refractivity (Wildman–Crippen MR) is 64.5 cm³/mol. The van der Waals surface area contributed by atoms with Crippen molar-refractivity contribution in [2.75, 3.05) is 13.1 Å². The number of hydrogen-bond acceptors (Lipinski definition) is 2. The van der Waals surface area contributed by atoms with Gasteiger partial charge in [0.15, 0.2) is 6.10 Å². The van der Waals surface area contributed by atoms with Crippen LogP contribution in [-0.2, 0) is 4.84 Å². The predicted octanol–water partition coefficient (Wildman–Crippen LogP) is 1.07. The third kappa shape index (κ3) is 2.42. The molecule has 1 aliphatic heterocycles. The molecule has 0 bridgehead atoms. The van der Waals surface area contributed by atoms with Gasteiger partial charge in [0.05, 0.1) is 12.3 Å². The molecule has 0 radical (unpaired) electrons. The van der Waals surface area contributed by atoms with Crippen molar-refractivity contribution in [2.24, 2.45) is 5.16 Å². The highest BCUT2D eigenvalue weighted by Crippen LogP contribution is 2.18. The Kier molecular flexibility index (Phi) is 3.57. The number of rotatable bonds is 4. The summed E-state index contributed by atoms with van der Waals surface area (Å²) in [7, 11) is 0. The maximum absolute atomic E-state index is 5.43. The van der Waals surface area contributed by atoms with E-state index >= 15 is 0 Å². The maximum atomic E-state index is 5.43. The fraction of sp³-hybridized carbons (Fsp3) is 0.462. The van der Waals surface area contributed by atoms with Crippen LogP contribution in [0.5, 0.6) is 0 Å². The second kappa shape index (κ2) is 5.12. The summed E-state index contributed by atoms with van der Waals surface area (Å²) in [5.41, 5.74) is 3.58. The van der Waals surface area contributed by atoms with Crippen molar-refractivity contribution < 1.29 is 10.2 Å². The van der Waals surface area contributed by atoms with Crippen LogP contribution in [0.1, 0.15) is 24.5 Å². The molecule has 0 fully saturated rings. The van der Waals surface area contributed by atoms with Crippen molar-refractivity contribution in [1.29, 1.82) is 0 Å². The van der Waals surface area contributed by atoms with Gasteiger partial charge in [0.1, 0.15) is 6.54 Å². The molecule has 0 aromatic heterocycles. The summed E-state index contributed by atoms with van der Waals surface area (Å²) in [6.45, 7) is 6.36. The molecule has 0 aliphatic carbocycles. The molecule has 1 aromatic rings. The lowest BCUT2D eigenvalue weighted by Gasteiger charge is -2.05. The molecule has 1 aromatic carbocycles. The van der Waals surface area contributed by atoms with Crippen LogP contribution in [0.4, 0.5) is 0 Å². The summed E-state index contributed by atoms with van der Waals surface area (Å²) in [6, 6.07) is 8.33. The summed E-state index contributed by atoms with van der Waals surface area (Å²) in [6.07, 6.45) is 1.18. The zero-order valence-electron chi connectivity index (χ0n) is 9.94. The van der Waals surface area contributed by atoms with E-state index in [1.165, 1.54) is 11.1 Å². The number of benzene rings is 1. The highest BCUT2D eigenvalue weighted by molar-refractivity contribution is 6.02. The Morgan fingerprint density at radius 3 is 3.00 bits per heavy atom. The third-order valence-corrected chi connectivity index (χ3v) is 2.91. The molecule has 0 saturated heterocycles. The third-order valence-electron chi connectivity index (χ3n) is 2.91. The van der Waals surface area contributed by atoms with Crippen LogP contribution in [0.3, 0.4) is 0 Å². The van der Waals surface area contributed by atoms with Crippen molar-refractivity contribution in [1.82, 2.24) is 0 Å². The Morgan fingerprint density at radius 1 is 1.44 bits per heavy atom. The van der Waals surface area contributed by atoms with E-state index in [0.717, 1.165) is 25.2 Å². The molecule has 86 valence electrons. The number of aryl methyl sites for hydroxylation is 1. The first kappa shape index (κ1) is 11.1. The summed E-state index contributed by atoms with van der Waals surface area (Å²) in [5, 5.41) is 6.45. The molecule has 3 nitrogen and oxygen atoms in total. The Morgan fingerprint density at radius 2 is 2.25 bits per heavy atom. The molecule has 1 heterocycles. The minimum atomic E-state index is 0.245. The van der Waals surface area contributed by atoms with Gasteiger partial charge in [0, 0.05) is 12.0 Å². The zero-order valence-corrected chi connectivity index (χ0v) is 9.94. The standard InChI is InChI=1S/C13H18N2O/c1-3-14-9-11-8-13(15-16-11)12-7-5-4-6-10(12)2/h4-7,11,14H,3,8-9H2,1-2H3/p+1/t11-/m0/s1. The Bertz CT molecular complexity index is 387. The molecule has 0 saturated carbocycles. The smallest absolute Gasteiger partial charge is 0.181 e. The first-order valence-electron chi connectivity index (χ1n) is 5.91. The summed E-state index contributed by atoms with van der Waals surface area (Å²) < 4.78 is 0. The van der Waals surface area contributed by atoms with Gasteiger partial charge in [-0.2, -0.15) is 0 Å². The first-order chi connectivity index (χ1) is 7.81. The molecule has 3 heteroatoms. The van der Waals surface area contributed by atoms with Crippen LogP contribution in [0, 0.1) is 6.92 Å². The topological polar surface area (TPSA) is 38.2 Å². The fourth-order valence-corrected chi connectivity index (χ4v) is 1.96. The fourth-order valence-electron chi connectivity index (χ4n) is 1.96. The van der Waals surface area contributed by atoms with E-state index in [2.05, 4.69) is 48.6 Å². The highest BCUT2D eigenvalue weighted by Gasteiger charge is 2.23. The van der Waals surface area contributed by atoms with E-state index in [-0.39, 0.29) is 6.10 Å². The van der Waals surface area contributed by atoms with E-state index < -0.39 is 0 Å². The zero-order chi connectivity index (χ0) is 11.4. The number of nitrogens with zero attached hydrogens (tertiary/aromatic N) is 1. The summed E-state index contributed by atoms with van der Waals surface area (Å²) in [4.78, 5) is 5.43. The Labute approximate surface area is 96.5 Å². The molecule has 2 rings (SSSR count). The van der Waals surface area contributed by atoms with Crippen molar-refractivity contribution in [3.8, 4) is 0 Å². The van der Waals surface area contributed by atoms with Crippen molar-refractivity contribution in [2.45, 2.75) is 26.4 Å². The Balaban J connectivity index is 2.01. The van der Waals surface area contributed by atoms with Crippen molar-refractivity contribution in [3.63, 3.8) is 0 Å². The van der Waals surface area contributed by atoms with Crippen molar-refractivity contribution >= 4 is 5.71 Å². The number of oxime groups is 1. The normalized spacial score (nSPS) is 19.4.